The number of fused-ring (bicyclic) bond motifs is 1. The van der Waals surface area contributed by atoms with E-state index in [0.717, 1.165) is 53.7 Å². The summed E-state index contributed by atoms with van der Waals surface area (Å²) in [6.45, 7) is 5.68. The number of rotatable bonds is 5. The number of piperidine rings is 1. The number of ether oxygens (including phenoxy) is 1. The molecule has 1 saturated heterocycles. The molecule has 1 fully saturated rings. The fraction of sp³-hybridized carbons (Fsp3) is 0.333. The van der Waals surface area contributed by atoms with Gasteiger partial charge in [0.05, 0.1) is 6.04 Å². The van der Waals surface area contributed by atoms with Crippen LogP contribution in [0, 0.1) is 6.92 Å². The van der Waals surface area contributed by atoms with Crippen LogP contribution in [-0.2, 0) is 4.79 Å². The lowest BCUT2D eigenvalue weighted by atomic mass is 10.0. The standard InChI is InChI=1S/C24H27N3O2/c1-17-16-25-13-10-23(17)29-20-11-14-27(15-12-20)18(2)24(28)26-22-9-5-7-19-6-3-4-8-21(19)22/h3-10,13,16,18,20H,11-12,14-15H2,1-2H3,(H,26,28). The number of nitrogens with zero attached hydrogens (tertiary/aromatic N) is 2. The van der Waals surface area contributed by atoms with Gasteiger partial charge in [-0.25, -0.2) is 0 Å². The molecule has 5 nitrogen and oxygen atoms in total. The zero-order chi connectivity index (χ0) is 20.2. The third-order valence-electron chi connectivity index (χ3n) is 5.71. The molecule has 5 heteroatoms. The number of anilines is 1. The van der Waals surface area contributed by atoms with Gasteiger partial charge in [-0.15, -0.1) is 0 Å². The molecule has 1 aromatic heterocycles. The Bertz CT molecular complexity index is 991. The molecule has 0 bridgehead atoms. The maximum absolute atomic E-state index is 12.9. The number of aromatic nitrogens is 1. The van der Waals surface area contributed by atoms with Gasteiger partial charge in [-0.1, -0.05) is 36.4 Å². The maximum atomic E-state index is 12.9. The van der Waals surface area contributed by atoms with Gasteiger partial charge in [-0.2, -0.15) is 0 Å². The van der Waals surface area contributed by atoms with Gasteiger partial charge in [0.2, 0.25) is 5.91 Å². The van der Waals surface area contributed by atoms with E-state index in [-0.39, 0.29) is 18.1 Å². The van der Waals surface area contributed by atoms with E-state index in [9.17, 15) is 4.79 Å². The maximum Gasteiger partial charge on any atom is 0.241 e. The second-order valence-corrected chi connectivity index (χ2v) is 7.69. The number of benzene rings is 2. The average molecular weight is 389 g/mol. The molecule has 1 atom stereocenters. The molecule has 29 heavy (non-hydrogen) atoms. The van der Waals surface area contributed by atoms with Crippen LogP contribution in [0.1, 0.15) is 25.3 Å². The summed E-state index contributed by atoms with van der Waals surface area (Å²) in [6.07, 6.45) is 5.59. The highest BCUT2D eigenvalue weighted by molar-refractivity contribution is 6.03. The smallest absolute Gasteiger partial charge is 0.241 e. The number of aryl methyl sites for hydroxylation is 1. The van der Waals surface area contributed by atoms with Gasteiger partial charge in [0.1, 0.15) is 11.9 Å². The lowest BCUT2D eigenvalue weighted by Gasteiger charge is -2.35. The number of carbonyl (C=O) groups excluding carboxylic acids is 1. The lowest BCUT2D eigenvalue weighted by molar-refractivity contribution is -0.121. The summed E-state index contributed by atoms with van der Waals surface area (Å²) in [5.41, 5.74) is 1.92. The summed E-state index contributed by atoms with van der Waals surface area (Å²) < 4.78 is 6.15. The minimum Gasteiger partial charge on any atom is -0.490 e. The third kappa shape index (κ3) is 4.40. The molecule has 2 heterocycles. The number of amides is 1. The van der Waals surface area contributed by atoms with Gasteiger partial charge in [0.25, 0.3) is 0 Å². The molecule has 0 spiro atoms. The second kappa shape index (κ2) is 8.62. The molecular formula is C24H27N3O2. The highest BCUT2D eigenvalue weighted by atomic mass is 16.5. The van der Waals surface area contributed by atoms with E-state index in [1.54, 1.807) is 6.20 Å². The van der Waals surface area contributed by atoms with Crippen LogP contribution >= 0.6 is 0 Å². The predicted molar refractivity (Wildman–Crippen MR) is 116 cm³/mol. The number of pyridine rings is 1. The summed E-state index contributed by atoms with van der Waals surface area (Å²) in [6, 6.07) is 15.8. The third-order valence-corrected chi connectivity index (χ3v) is 5.71. The highest BCUT2D eigenvalue weighted by Gasteiger charge is 2.28. The van der Waals surface area contributed by atoms with Crippen molar-refractivity contribution in [1.82, 2.24) is 9.88 Å². The first-order valence-electron chi connectivity index (χ1n) is 10.2. The number of hydrogen-bond acceptors (Lipinski definition) is 4. The van der Waals surface area contributed by atoms with Crippen molar-refractivity contribution in [2.75, 3.05) is 18.4 Å². The first kappa shape index (κ1) is 19.4. The van der Waals surface area contributed by atoms with Crippen molar-refractivity contribution in [1.29, 1.82) is 0 Å². The molecule has 1 aliphatic heterocycles. The van der Waals surface area contributed by atoms with E-state index in [1.165, 1.54) is 0 Å². The normalized spacial score (nSPS) is 16.5. The molecule has 3 aromatic rings. The van der Waals surface area contributed by atoms with Crippen LogP contribution in [-0.4, -0.2) is 41.0 Å². The van der Waals surface area contributed by atoms with Gasteiger partial charge in [0.15, 0.2) is 0 Å². The monoisotopic (exact) mass is 389 g/mol. The minimum absolute atomic E-state index is 0.0331. The molecular weight excluding hydrogens is 362 g/mol. The van der Waals surface area contributed by atoms with Crippen LogP contribution in [0.2, 0.25) is 0 Å². The molecule has 0 saturated carbocycles. The second-order valence-electron chi connectivity index (χ2n) is 7.69. The van der Waals surface area contributed by atoms with Gasteiger partial charge in [0, 0.05) is 42.1 Å². The van der Waals surface area contributed by atoms with E-state index in [0.29, 0.717) is 0 Å². The van der Waals surface area contributed by atoms with Gasteiger partial charge < -0.3 is 10.1 Å². The minimum atomic E-state index is -0.183. The van der Waals surface area contributed by atoms with Crippen LogP contribution < -0.4 is 10.1 Å². The molecule has 2 aromatic carbocycles. The lowest BCUT2D eigenvalue weighted by Crippen LogP contribution is -2.47. The van der Waals surface area contributed by atoms with Crippen molar-refractivity contribution in [3.05, 3.63) is 66.5 Å². The predicted octanol–water partition coefficient (Wildman–Crippen LogP) is 4.41. The summed E-state index contributed by atoms with van der Waals surface area (Å²) in [5, 5.41) is 5.31. The number of hydrogen-bond donors (Lipinski definition) is 1. The Labute approximate surface area is 171 Å². The Morgan fingerprint density at radius 2 is 1.90 bits per heavy atom. The Balaban J connectivity index is 1.35. The molecule has 1 N–H and O–H groups in total. The summed E-state index contributed by atoms with van der Waals surface area (Å²) in [7, 11) is 0. The van der Waals surface area contributed by atoms with E-state index in [1.807, 2.05) is 56.4 Å². The van der Waals surface area contributed by atoms with Gasteiger partial charge >= 0.3 is 0 Å². The highest BCUT2D eigenvalue weighted by Crippen LogP contribution is 2.25. The average Bonchev–Trinajstić information content (AvgIpc) is 2.75. The molecule has 0 radical (unpaired) electrons. The van der Waals surface area contributed by atoms with Gasteiger partial charge in [-0.05, 0) is 44.2 Å². The Kier molecular flexibility index (Phi) is 5.76. The number of nitrogens with one attached hydrogen (secondary N) is 1. The Morgan fingerprint density at radius 1 is 1.14 bits per heavy atom. The van der Waals surface area contributed by atoms with Crippen LogP contribution in [0.25, 0.3) is 10.8 Å². The largest absolute Gasteiger partial charge is 0.490 e. The van der Waals surface area contributed by atoms with Crippen LogP contribution in [0.5, 0.6) is 5.75 Å². The van der Waals surface area contributed by atoms with Crippen molar-refractivity contribution in [2.45, 2.75) is 38.8 Å². The van der Waals surface area contributed by atoms with Crippen molar-refractivity contribution < 1.29 is 9.53 Å². The molecule has 0 aliphatic carbocycles. The van der Waals surface area contributed by atoms with E-state index in [4.69, 9.17) is 4.74 Å². The van der Waals surface area contributed by atoms with Crippen molar-refractivity contribution >= 4 is 22.4 Å². The van der Waals surface area contributed by atoms with Crippen LogP contribution in [0.3, 0.4) is 0 Å². The Hall–Kier alpha value is -2.92. The van der Waals surface area contributed by atoms with Crippen LogP contribution in [0.4, 0.5) is 5.69 Å². The Morgan fingerprint density at radius 3 is 2.69 bits per heavy atom. The first-order chi connectivity index (χ1) is 14.1. The van der Waals surface area contributed by atoms with Crippen LogP contribution in [0.15, 0.2) is 60.9 Å². The molecule has 150 valence electrons. The van der Waals surface area contributed by atoms with E-state index >= 15 is 0 Å². The van der Waals surface area contributed by atoms with Crippen molar-refractivity contribution in [3.8, 4) is 5.75 Å². The molecule has 1 amide bonds. The first-order valence-corrected chi connectivity index (χ1v) is 10.2. The van der Waals surface area contributed by atoms with E-state index in [2.05, 4.69) is 27.3 Å². The van der Waals surface area contributed by atoms with Crippen molar-refractivity contribution in [2.24, 2.45) is 0 Å². The molecule has 1 aliphatic rings. The zero-order valence-corrected chi connectivity index (χ0v) is 17.0. The van der Waals surface area contributed by atoms with Crippen molar-refractivity contribution in [3.63, 3.8) is 0 Å². The summed E-state index contributed by atoms with van der Waals surface area (Å²) >= 11 is 0. The summed E-state index contributed by atoms with van der Waals surface area (Å²) in [4.78, 5) is 19.2. The topological polar surface area (TPSA) is 54.5 Å². The zero-order valence-electron chi connectivity index (χ0n) is 17.0. The van der Waals surface area contributed by atoms with Gasteiger partial charge in [-0.3, -0.25) is 14.7 Å². The summed E-state index contributed by atoms with van der Waals surface area (Å²) in [5.74, 6) is 0.936. The fourth-order valence-electron chi connectivity index (χ4n) is 3.89. The SMILES string of the molecule is Cc1cnccc1OC1CCN(C(C)C(=O)Nc2cccc3ccccc23)CC1. The molecule has 4 rings (SSSR count). The molecule has 1 unspecified atom stereocenters. The number of likely N-dealkylation sites (tertiary alicyclic amines) is 1. The number of carbonyl (C=O) groups is 1. The quantitative estimate of drug-likeness (QED) is 0.702. The fourth-order valence-corrected chi connectivity index (χ4v) is 3.89. The van der Waals surface area contributed by atoms with E-state index < -0.39 is 0 Å².